The van der Waals surface area contributed by atoms with E-state index in [1.165, 1.54) is 11.1 Å². The van der Waals surface area contributed by atoms with Crippen molar-refractivity contribution in [2.45, 2.75) is 63.7 Å². The highest BCUT2D eigenvalue weighted by Crippen LogP contribution is 2.30. The Kier molecular flexibility index (Phi) is 7.63. The lowest BCUT2D eigenvalue weighted by Gasteiger charge is -2.28. The highest BCUT2D eigenvalue weighted by atomic mass is 32.2. The van der Waals surface area contributed by atoms with Crippen molar-refractivity contribution < 1.29 is 5.11 Å². The number of aliphatic hydroxyl groups excluding tert-OH is 1. The Morgan fingerprint density at radius 2 is 1.70 bits per heavy atom. The summed E-state index contributed by atoms with van der Waals surface area (Å²) in [6, 6.07) is 9.11. The summed E-state index contributed by atoms with van der Waals surface area (Å²) < 4.78 is 0. The predicted molar refractivity (Wildman–Crippen MR) is 90.4 cm³/mol. The van der Waals surface area contributed by atoms with Crippen molar-refractivity contribution in [2.75, 3.05) is 6.54 Å². The van der Waals surface area contributed by atoms with Crippen LogP contribution in [0.1, 0.15) is 51.3 Å². The molecule has 1 aromatic carbocycles. The van der Waals surface area contributed by atoms with Crippen LogP contribution < -0.4 is 5.32 Å². The van der Waals surface area contributed by atoms with Crippen LogP contribution in [0.3, 0.4) is 0 Å². The van der Waals surface area contributed by atoms with Crippen molar-refractivity contribution in [3.63, 3.8) is 0 Å². The maximum atomic E-state index is 9.69. The molecule has 114 valence electrons. The van der Waals surface area contributed by atoms with E-state index in [-0.39, 0.29) is 11.4 Å². The van der Waals surface area contributed by atoms with E-state index >= 15 is 0 Å². The van der Waals surface area contributed by atoms with E-state index in [9.17, 15) is 5.11 Å². The average molecular weight is 295 g/mol. The number of nitrogens with one attached hydrogen (secondary N) is 1. The Morgan fingerprint density at radius 1 is 1.10 bits per heavy atom. The minimum absolute atomic E-state index is 0.251. The normalized spacial score (nSPS) is 17.5. The quantitative estimate of drug-likeness (QED) is 0.762. The molecule has 1 rings (SSSR count). The third-order valence-corrected chi connectivity index (χ3v) is 5.15. The molecule has 2 nitrogen and oxygen atoms in total. The summed E-state index contributed by atoms with van der Waals surface area (Å²) in [5.74, 6) is 0. The van der Waals surface area contributed by atoms with Gasteiger partial charge >= 0.3 is 0 Å². The van der Waals surface area contributed by atoms with Crippen LogP contribution in [0.25, 0.3) is 0 Å². The van der Waals surface area contributed by atoms with Crippen LogP contribution in [-0.2, 0) is 0 Å². The number of thioether (sulfide) groups is 1. The minimum atomic E-state index is -0.271. The van der Waals surface area contributed by atoms with Gasteiger partial charge < -0.3 is 10.4 Å². The molecule has 0 amide bonds. The van der Waals surface area contributed by atoms with Crippen LogP contribution in [0, 0.1) is 6.92 Å². The minimum Gasteiger partial charge on any atom is -0.392 e. The van der Waals surface area contributed by atoms with E-state index in [0.29, 0.717) is 11.3 Å². The molecule has 0 aromatic heterocycles. The molecule has 0 heterocycles. The predicted octanol–water partition coefficient (Wildman–Crippen LogP) is 3.93. The second-order valence-electron chi connectivity index (χ2n) is 5.63. The SMILES string of the molecule is CCCNC(c1ccc(C)cc1)C(C)SC(C)C(C)O. The standard InChI is InChI=1S/C17H29NOS/c1-6-11-18-17(15(5)20-14(4)13(3)19)16-9-7-12(2)8-10-16/h7-10,13-15,17-19H,6,11H2,1-5H3. The maximum absolute atomic E-state index is 9.69. The van der Waals surface area contributed by atoms with E-state index in [1.807, 2.05) is 18.7 Å². The van der Waals surface area contributed by atoms with Gasteiger partial charge in [-0.3, -0.25) is 0 Å². The fraction of sp³-hybridized carbons (Fsp3) is 0.647. The second kappa shape index (κ2) is 8.71. The Balaban J connectivity index is 2.79. The summed E-state index contributed by atoms with van der Waals surface area (Å²) in [5.41, 5.74) is 2.63. The van der Waals surface area contributed by atoms with Crippen LogP contribution in [-0.4, -0.2) is 28.3 Å². The first-order valence-corrected chi connectivity index (χ1v) is 8.53. The molecular weight excluding hydrogens is 266 g/mol. The Hall–Kier alpha value is -0.510. The van der Waals surface area contributed by atoms with Gasteiger partial charge in [0.1, 0.15) is 0 Å². The van der Waals surface area contributed by atoms with Gasteiger partial charge in [0.15, 0.2) is 0 Å². The van der Waals surface area contributed by atoms with Crippen molar-refractivity contribution in [2.24, 2.45) is 0 Å². The first-order chi connectivity index (χ1) is 9.45. The van der Waals surface area contributed by atoms with Gasteiger partial charge in [0.2, 0.25) is 0 Å². The molecule has 0 aliphatic heterocycles. The molecule has 0 bridgehead atoms. The van der Waals surface area contributed by atoms with E-state index in [4.69, 9.17) is 0 Å². The first kappa shape index (κ1) is 17.5. The van der Waals surface area contributed by atoms with Gasteiger partial charge in [-0.15, -0.1) is 0 Å². The molecule has 0 radical (unpaired) electrons. The zero-order valence-electron chi connectivity index (χ0n) is 13.4. The van der Waals surface area contributed by atoms with Crippen LogP contribution in [0.4, 0.5) is 0 Å². The molecule has 2 N–H and O–H groups in total. The van der Waals surface area contributed by atoms with Crippen molar-refractivity contribution in [1.82, 2.24) is 5.32 Å². The molecule has 0 saturated heterocycles. The number of hydrogen-bond acceptors (Lipinski definition) is 3. The summed E-state index contributed by atoms with van der Waals surface area (Å²) in [5, 5.41) is 14.0. The van der Waals surface area contributed by atoms with Gasteiger partial charge in [0.05, 0.1) is 6.10 Å². The van der Waals surface area contributed by atoms with E-state index in [0.717, 1.165) is 13.0 Å². The Bertz CT molecular complexity index is 377. The number of rotatable bonds is 8. The number of benzene rings is 1. The van der Waals surface area contributed by atoms with Crippen LogP contribution >= 0.6 is 11.8 Å². The largest absolute Gasteiger partial charge is 0.392 e. The van der Waals surface area contributed by atoms with Gasteiger partial charge in [-0.2, -0.15) is 11.8 Å². The second-order valence-corrected chi connectivity index (χ2v) is 7.39. The third kappa shape index (κ3) is 5.47. The summed E-state index contributed by atoms with van der Waals surface area (Å²) >= 11 is 1.85. The van der Waals surface area contributed by atoms with Gasteiger partial charge in [-0.25, -0.2) is 0 Å². The summed E-state index contributed by atoms with van der Waals surface area (Å²) in [6.45, 7) is 11.5. The smallest absolute Gasteiger partial charge is 0.0628 e. The molecule has 0 spiro atoms. The van der Waals surface area contributed by atoms with Gasteiger partial charge in [0, 0.05) is 16.5 Å². The Labute approximate surface area is 128 Å². The van der Waals surface area contributed by atoms with Crippen LogP contribution in [0.5, 0.6) is 0 Å². The molecule has 0 fully saturated rings. The summed E-state index contributed by atoms with van der Waals surface area (Å²) in [4.78, 5) is 0. The highest BCUT2D eigenvalue weighted by Gasteiger charge is 2.22. The number of aliphatic hydroxyl groups is 1. The molecule has 0 saturated carbocycles. The first-order valence-electron chi connectivity index (χ1n) is 7.59. The molecule has 4 atom stereocenters. The molecule has 0 aliphatic rings. The lowest BCUT2D eigenvalue weighted by Crippen LogP contribution is -2.31. The summed E-state index contributed by atoms with van der Waals surface area (Å²) in [6.07, 6.45) is 0.860. The topological polar surface area (TPSA) is 32.3 Å². The van der Waals surface area contributed by atoms with Crippen molar-refractivity contribution >= 4 is 11.8 Å². The highest BCUT2D eigenvalue weighted by molar-refractivity contribution is 8.00. The zero-order chi connectivity index (χ0) is 15.1. The molecule has 3 heteroatoms. The lowest BCUT2D eigenvalue weighted by molar-refractivity contribution is 0.196. The fourth-order valence-electron chi connectivity index (χ4n) is 2.16. The van der Waals surface area contributed by atoms with E-state index in [1.54, 1.807) is 0 Å². The third-order valence-electron chi connectivity index (χ3n) is 3.63. The van der Waals surface area contributed by atoms with Crippen molar-refractivity contribution in [3.8, 4) is 0 Å². The van der Waals surface area contributed by atoms with Gasteiger partial charge in [-0.1, -0.05) is 50.6 Å². The van der Waals surface area contributed by atoms with Crippen molar-refractivity contribution in [3.05, 3.63) is 35.4 Å². The number of hydrogen-bond donors (Lipinski definition) is 2. The molecular formula is C17H29NOS. The van der Waals surface area contributed by atoms with Crippen LogP contribution in [0.2, 0.25) is 0 Å². The summed E-state index contributed by atoms with van der Waals surface area (Å²) in [7, 11) is 0. The zero-order valence-corrected chi connectivity index (χ0v) is 14.2. The average Bonchev–Trinajstić information content (AvgIpc) is 2.41. The lowest BCUT2D eigenvalue weighted by atomic mass is 10.0. The molecule has 0 aliphatic carbocycles. The van der Waals surface area contributed by atoms with E-state index < -0.39 is 0 Å². The van der Waals surface area contributed by atoms with Crippen molar-refractivity contribution in [1.29, 1.82) is 0 Å². The maximum Gasteiger partial charge on any atom is 0.0628 e. The monoisotopic (exact) mass is 295 g/mol. The molecule has 20 heavy (non-hydrogen) atoms. The number of aryl methyl sites for hydroxylation is 1. The van der Waals surface area contributed by atoms with E-state index in [2.05, 4.69) is 57.3 Å². The Morgan fingerprint density at radius 3 is 2.20 bits per heavy atom. The molecule has 1 aromatic rings. The van der Waals surface area contributed by atoms with Crippen LogP contribution in [0.15, 0.2) is 24.3 Å². The molecule has 4 unspecified atom stereocenters. The van der Waals surface area contributed by atoms with Gasteiger partial charge in [-0.05, 0) is 32.4 Å². The fourth-order valence-corrected chi connectivity index (χ4v) is 3.47. The van der Waals surface area contributed by atoms with Gasteiger partial charge in [0.25, 0.3) is 0 Å².